The summed E-state index contributed by atoms with van der Waals surface area (Å²) in [5.74, 6) is 0.293. The van der Waals surface area contributed by atoms with Gasteiger partial charge in [0.1, 0.15) is 12.4 Å². The summed E-state index contributed by atoms with van der Waals surface area (Å²) in [6.07, 6.45) is -0.0313. The minimum atomic E-state index is -1.28. The Bertz CT molecular complexity index is 1360. The maximum absolute atomic E-state index is 12.4. The van der Waals surface area contributed by atoms with Crippen LogP contribution in [0.1, 0.15) is 31.0 Å². The number of carbonyl (C=O) groups is 2. The predicted molar refractivity (Wildman–Crippen MR) is 145 cm³/mol. The number of nitro benzene ring substituents is 1. The second kappa shape index (κ2) is 13.8. The number of nitrogens with zero attached hydrogens (tertiary/aromatic N) is 2. The first-order chi connectivity index (χ1) is 19.6. The number of ether oxygens (including phenoxy) is 5. The number of benzene rings is 2. The first-order valence-corrected chi connectivity index (χ1v) is 12.3. The molecule has 3 rings (SSSR count). The van der Waals surface area contributed by atoms with Crippen LogP contribution in [0.25, 0.3) is 0 Å². The average Bonchev–Trinajstić information content (AvgIpc) is 2.95. The van der Waals surface area contributed by atoms with E-state index < -0.39 is 29.2 Å². The molecule has 0 unspecified atom stereocenters. The van der Waals surface area contributed by atoms with Crippen molar-refractivity contribution < 1.29 is 43.3 Å². The summed E-state index contributed by atoms with van der Waals surface area (Å²) in [5, 5.41) is 30.8. The van der Waals surface area contributed by atoms with E-state index in [0.29, 0.717) is 17.0 Å². The van der Waals surface area contributed by atoms with Crippen LogP contribution in [0.3, 0.4) is 0 Å². The lowest BCUT2D eigenvalue weighted by molar-refractivity contribution is -0.385. The number of hydrazone groups is 1. The van der Waals surface area contributed by atoms with Crippen molar-refractivity contribution in [3.05, 3.63) is 62.8 Å². The molecule has 2 aromatic rings. The number of esters is 1. The Morgan fingerprint density at radius 3 is 2.51 bits per heavy atom. The Morgan fingerprint density at radius 2 is 1.88 bits per heavy atom. The van der Waals surface area contributed by atoms with Crippen LogP contribution in [0.15, 0.2) is 46.7 Å². The molecule has 0 spiro atoms. The summed E-state index contributed by atoms with van der Waals surface area (Å²) < 4.78 is 26.6. The largest absolute Gasteiger partial charge is 0.496 e. The molecule has 0 radical (unpaired) electrons. The van der Waals surface area contributed by atoms with Gasteiger partial charge in [0.15, 0.2) is 17.7 Å². The Morgan fingerprint density at radius 1 is 1.15 bits per heavy atom. The summed E-state index contributed by atoms with van der Waals surface area (Å²) >= 11 is 0. The van der Waals surface area contributed by atoms with Crippen molar-refractivity contribution >= 4 is 23.9 Å². The zero-order chi connectivity index (χ0) is 30.1. The van der Waals surface area contributed by atoms with Crippen molar-refractivity contribution in [3.8, 4) is 23.0 Å². The van der Waals surface area contributed by atoms with Gasteiger partial charge in [0.2, 0.25) is 5.75 Å². The summed E-state index contributed by atoms with van der Waals surface area (Å²) in [5.41, 5.74) is 3.60. The zero-order valence-electron chi connectivity index (χ0n) is 23.0. The van der Waals surface area contributed by atoms with Crippen molar-refractivity contribution in [2.24, 2.45) is 5.10 Å². The highest BCUT2D eigenvalue weighted by molar-refractivity contribution is 5.95. The zero-order valence-corrected chi connectivity index (χ0v) is 23.0. The predicted octanol–water partition coefficient (Wildman–Crippen LogP) is 2.13. The molecule has 41 heavy (non-hydrogen) atoms. The van der Waals surface area contributed by atoms with E-state index in [2.05, 4.69) is 21.2 Å². The van der Waals surface area contributed by atoms with Crippen molar-refractivity contribution in [1.29, 1.82) is 0 Å². The van der Waals surface area contributed by atoms with E-state index in [0.717, 1.165) is 0 Å². The quantitative estimate of drug-likeness (QED) is 0.0902. The van der Waals surface area contributed by atoms with E-state index in [1.165, 1.54) is 39.7 Å². The number of methoxy groups -OCH3 is 3. The number of nitrogens with one attached hydrogen (secondary N) is 3. The van der Waals surface area contributed by atoms with Crippen molar-refractivity contribution in [2.45, 2.75) is 26.1 Å². The summed E-state index contributed by atoms with van der Waals surface area (Å²) in [7, 11) is 3.95. The average molecular weight is 574 g/mol. The Labute approximate surface area is 235 Å². The molecule has 1 aliphatic rings. The molecule has 0 bridgehead atoms. The van der Waals surface area contributed by atoms with Gasteiger partial charge in [-0.1, -0.05) is 6.07 Å². The van der Waals surface area contributed by atoms with E-state index in [-0.39, 0.29) is 47.3 Å². The molecular weight excluding hydrogens is 542 g/mol. The fraction of sp³-hybridized carbons (Fsp3) is 0.346. The van der Waals surface area contributed by atoms with Gasteiger partial charge in [0.05, 0.1) is 50.7 Å². The second-order valence-corrected chi connectivity index (χ2v) is 8.44. The Kier molecular flexibility index (Phi) is 10.3. The van der Waals surface area contributed by atoms with E-state index in [9.17, 15) is 24.8 Å². The first kappa shape index (κ1) is 30.5. The number of aliphatic hydroxyl groups is 1. The molecule has 15 nitrogen and oxygen atoms in total. The lowest BCUT2D eigenvalue weighted by Gasteiger charge is -2.28. The lowest BCUT2D eigenvalue weighted by Crippen LogP contribution is -2.45. The minimum absolute atomic E-state index is 0.0247. The number of amides is 2. The molecule has 0 aliphatic carbocycles. The second-order valence-electron chi connectivity index (χ2n) is 8.44. The molecule has 1 heterocycles. The number of allylic oxidation sites excluding steroid dienone is 1. The number of carbonyl (C=O) groups excluding carboxylic acids is 2. The smallest absolute Gasteiger partial charge is 0.337 e. The number of urea groups is 1. The number of rotatable bonds is 13. The Balaban J connectivity index is 1.73. The fourth-order valence-electron chi connectivity index (χ4n) is 3.96. The first-order valence-electron chi connectivity index (χ1n) is 12.3. The van der Waals surface area contributed by atoms with Crippen molar-refractivity contribution in [2.75, 3.05) is 34.5 Å². The van der Waals surface area contributed by atoms with Crippen LogP contribution in [0.2, 0.25) is 0 Å². The molecule has 1 aliphatic heterocycles. The van der Waals surface area contributed by atoms with Gasteiger partial charge in [-0.2, -0.15) is 5.10 Å². The third-order valence-corrected chi connectivity index (χ3v) is 5.83. The molecule has 4 N–H and O–H groups in total. The normalized spacial score (nSPS) is 15.5. The maximum Gasteiger partial charge on any atom is 0.337 e. The van der Waals surface area contributed by atoms with Gasteiger partial charge in [-0.25, -0.2) is 9.59 Å². The fourth-order valence-corrected chi connectivity index (χ4v) is 3.96. The highest BCUT2D eigenvalue weighted by Gasteiger charge is 2.32. The van der Waals surface area contributed by atoms with Gasteiger partial charge >= 0.3 is 17.7 Å². The molecule has 15 heteroatoms. The van der Waals surface area contributed by atoms with Crippen LogP contribution in [0.4, 0.5) is 10.5 Å². The van der Waals surface area contributed by atoms with Crippen LogP contribution in [0, 0.1) is 10.1 Å². The standard InChI is InChI=1S/C26H31N5O10/c1-6-40-21-10-15(24-23(25(33)39-5)14(2)28-26(34)29-24)7-8-18(21)41-13-22(32)30-27-12-16-9-17(31(35)36)20(38-4)11-19(16)37-3/h7-12,22,24,30,32H,6,13H2,1-5H3,(H2,28,29,34)/b27-12-/t22-,24-/m0/s1. The molecule has 0 fully saturated rings. The van der Waals surface area contributed by atoms with Crippen LogP contribution in [0.5, 0.6) is 23.0 Å². The minimum Gasteiger partial charge on any atom is -0.496 e. The molecule has 220 valence electrons. The van der Waals surface area contributed by atoms with Gasteiger partial charge in [0, 0.05) is 23.4 Å². The molecule has 0 saturated carbocycles. The Hall–Kier alpha value is -5.05. The number of aliphatic hydroxyl groups excluding tert-OH is 1. The summed E-state index contributed by atoms with van der Waals surface area (Å²) in [4.78, 5) is 35.2. The molecule has 0 aromatic heterocycles. The highest BCUT2D eigenvalue weighted by atomic mass is 16.6. The summed E-state index contributed by atoms with van der Waals surface area (Å²) in [6, 6.07) is 6.16. The number of hydrogen-bond donors (Lipinski definition) is 4. The summed E-state index contributed by atoms with van der Waals surface area (Å²) in [6.45, 7) is 3.41. The van der Waals surface area contributed by atoms with Gasteiger partial charge in [-0.3, -0.25) is 15.5 Å². The van der Waals surface area contributed by atoms with E-state index >= 15 is 0 Å². The number of nitro groups is 1. The van der Waals surface area contributed by atoms with Crippen molar-refractivity contribution in [3.63, 3.8) is 0 Å². The van der Waals surface area contributed by atoms with Gasteiger partial charge < -0.3 is 39.4 Å². The van der Waals surface area contributed by atoms with E-state index in [4.69, 9.17) is 23.7 Å². The maximum atomic E-state index is 12.4. The molecular formula is C26H31N5O10. The topological polar surface area (TPSA) is 192 Å². The van der Waals surface area contributed by atoms with Crippen molar-refractivity contribution in [1.82, 2.24) is 16.1 Å². The highest BCUT2D eigenvalue weighted by Crippen LogP contribution is 2.35. The molecule has 2 aromatic carbocycles. The molecule has 2 amide bonds. The lowest BCUT2D eigenvalue weighted by atomic mass is 9.95. The molecule has 2 atom stereocenters. The van der Waals surface area contributed by atoms with Crippen LogP contribution in [-0.4, -0.2) is 69.0 Å². The van der Waals surface area contributed by atoms with Gasteiger partial charge in [0.25, 0.3) is 0 Å². The number of hydrogen-bond acceptors (Lipinski definition) is 12. The van der Waals surface area contributed by atoms with E-state index in [1.54, 1.807) is 32.0 Å². The van der Waals surface area contributed by atoms with E-state index in [1.807, 2.05) is 0 Å². The van der Waals surface area contributed by atoms with Gasteiger partial charge in [-0.15, -0.1) is 0 Å². The third-order valence-electron chi connectivity index (χ3n) is 5.83. The molecule has 0 saturated heterocycles. The van der Waals surface area contributed by atoms with Crippen LogP contribution >= 0.6 is 0 Å². The monoisotopic (exact) mass is 573 g/mol. The SMILES string of the molecule is CCOc1cc([C@@H]2NC(=O)NC(C)=C2C(=O)OC)ccc1OC[C@H](O)N/N=C\c1cc([N+](=O)[O-])c(OC)cc1OC. The third kappa shape index (κ3) is 7.33. The van der Waals surface area contributed by atoms with Crippen LogP contribution < -0.4 is 35.0 Å². The van der Waals surface area contributed by atoms with Gasteiger partial charge in [-0.05, 0) is 31.5 Å². The van der Waals surface area contributed by atoms with Crippen LogP contribution in [-0.2, 0) is 9.53 Å².